The number of benzene rings is 1. The number of amides is 2. The molecule has 1 atom stereocenters. The third-order valence-corrected chi connectivity index (χ3v) is 8.14. The standard InChI is InChI=1S/C25H27Cl2N5O5S2/c1-6-37-24(36)18-12(4)20(13(5)33)39-23(18)28-17(34)10-38-25-30-21(31-32-25)19(11(2)3)29-22(35)15-8-7-14(26)9-16(15)27/h7-9,11,19H,6,10H2,1-5H3,(H,28,34)(H,29,35)(H,30,31,32)/t19-/m0/s1. The molecule has 0 unspecified atom stereocenters. The Morgan fingerprint density at radius 3 is 2.54 bits per heavy atom. The Hall–Kier alpha value is -2.93. The number of ketones is 1. The van der Waals surface area contributed by atoms with E-state index >= 15 is 0 Å². The lowest BCUT2D eigenvalue weighted by atomic mass is 10.0. The number of ether oxygens (including phenoxy) is 1. The second-order valence-electron chi connectivity index (χ2n) is 8.70. The number of hydrogen-bond donors (Lipinski definition) is 3. The minimum Gasteiger partial charge on any atom is -0.462 e. The molecule has 2 amide bonds. The molecule has 0 saturated carbocycles. The maximum Gasteiger partial charge on any atom is 0.341 e. The molecule has 39 heavy (non-hydrogen) atoms. The van der Waals surface area contributed by atoms with E-state index in [1.807, 2.05) is 13.8 Å². The first-order valence-corrected chi connectivity index (χ1v) is 14.4. The van der Waals surface area contributed by atoms with E-state index in [1.54, 1.807) is 26.0 Å². The molecule has 3 N–H and O–H groups in total. The number of Topliss-reactive ketones (excluding diaryl/α,β-unsaturated/α-hetero) is 1. The summed E-state index contributed by atoms with van der Waals surface area (Å²) in [6.07, 6.45) is 0. The monoisotopic (exact) mass is 611 g/mol. The van der Waals surface area contributed by atoms with Gasteiger partial charge >= 0.3 is 5.97 Å². The van der Waals surface area contributed by atoms with Crippen molar-refractivity contribution in [2.45, 2.75) is 45.8 Å². The SMILES string of the molecule is CCOC(=O)c1c(NC(=O)CSc2n[nH]c([C@@H](NC(=O)c3ccc(Cl)cc3Cl)C(C)C)n2)sc(C(C)=O)c1C. The summed E-state index contributed by atoms with van der Waals surface area (Å²) in [6, 6.07) is 4.10. The molecule has 0 aliphatic carbocycles. The molecular weight excluding hydrogens is 585 g/mol. The largest absolute Gasteiger partial charge is 0.462 e. The number of nitrogens with one attached hydrogen (secondary N) is 3. The van der Waals surface area contributed by atoms with E-state index in [4.69, 9.17) is 27.9 Å². The Morgan fingerprint density at radius 1 is 1.21 bits per heavy atom. The Kier molecular flexibility index (Phi) is 10.5. The first-order chi connectivity index (χ1) is 18.4. The van der Waals surface area contributed by atoms with Crippen LogP contribution in [0.1, 0.15) is 75.5 Å². The normalized spacial score (nSPS) is 11.8. The second kappa shape index (κ2) is 13.4. The van der Waals surface area contributed by atoms with Gasteiger partial charge in [-0.05, 0) is 50.5 Å². The third-order valence-electron chi connectivity index (χ3n) is 5.44. The molecule has 2 aromatic heterocycles. The Labute approximate surface area is 243 Å². The predicted molar refractivity (Wildman–Crippen MR) is 152 cm³/mol. The lowest BCUT2D eigenvalue weighted by molar-refractivity contribution is -0.113. The van der Waals surface area contributed by atoms with Crippen molar-refractivity contribution in [2.75, 3.05) is 17.7 Å². The summed E-state index contributed by atoms with van der Waals surface area (Å²) in [5, 5.41) is 13.8. The lowest BCUT2D eigenvalue weighted by Gasteiger charge is -2.20. The van der Waals surface area contributed by atoms with Gasteiger partial charge in [0.1, 0.15) is 10.8 Å². The Morgan fingerprint density at radius 2 is 1.92 bits per heavy atom. The number of aromatic amines is 1. The van der Waals surface area contributed by atoms with Gasteiger partial charge in [-0.15, -0.1) is 16.4 Å². The zero-order chi connectivity index (χ0) is 28.9. The number of thiophene rings is 1. The summed E-state index contributed by atoms with van der Waals surface area (Å²) >= 11 is 14.2. The van der Waals surface area contributed by atoms with Crippen molar-refractivity contribution in [3.8, 4) is 0 Å². The summed E-state index contributed by atoms with van der Waals surface area (Å²) in [5.41, 5.74) is 0.910. The van der Waals surface area contributed by atoms with Crippen molar-refractivity contribution in [3.05, 3.63) is 55.6 Å². The average molecular weight is 613 g/mol. The molecule has 0 bridgehead atoms. The molecule has 0 radical (unpaired) electrons. The van der Waals surface area contributed by atoms with E-state index in [-0.39, 0.29) is 45.2 Å². The van der Waals surface area contributed by atoms with Crippen LogP contribution in [0, 0.1) is 12.8 Å². The maximum atomic E-state index is 12.8. The van der Waals surface area contributed by atoms with E-state index in [0.29, 0.717) is 26.4 Å². The van der Waals surface area contributed by atoms with Crippen LogP contribution in [0.2, 0.25) is 10.0 Å². The van der Waals surface area contributed by atoms with Crippen molar-refractivity contribution < 1.29 is 23.9 Å². The van der Waals surface area contributed by atoms with Crippen LogP contribution in [0.15, 0.2) is 23.4 Å². The van der Waals surface area contributed by atoms with Gasteiger partial charge in [-0.3, -0.25) is 19.5 Å². The van der Waals surface area contributed by atoms with Crippen molar-refractivity contribution in [1.29, 1.82) is 0 Å². The lowest BCUT2D eigenvalue weighted by Crippen LogP contribution is -2.32. The fraction of sp³-hybridized carbons (Fsp3) is 0.360. The molecule has 0 saturated heterocycles. The van der Waals surface area contributed by atoms with Crippen LogP contribution in [0.3, 0.4) is 0 Å². The van der Waals surface area contributed by atoms with Gasteiger partial charge in [0.15, 0.2) is 5.78 Å². The number of H-pyrrole nitrogens is 1. The molecule has 2 heterocycles. The van der Waals surface area contributed by atoms with Crippen LogP contribution < -0.4 is 10.6 Å². The Balaban J connectivity index is 1.68. The minimum absolute atomic E-state index is 0.0482. The van der Waals surface area contributed by atoms with Crippen molar-refractivity contribution in [2.24, 2.45) is 5.92 Å². The van der Waals surface area contributed by atoms with Gasteiger partial charge in [0, 0.05) is 5.02 Å². The molecular formula is C25H27Cl2N5O5S2. The number of hydrogen-bond acceptors (Lipinski definition) is 9. The smallest absolute Gasteiger partial charge is 0.341 e. The number of anilines is 1. The quantitative estimate of drug-likeness (QED) is 0.142. The number of nitrogens with zero attached hydrogens (tertiary/aromatic N) is 2. The summed E-state index contributed by atoms with van der Waals surface area (Å²) in [5.74, 6) is -1.33. The van der Waals surface area contributed by atoms with Crippen molar-refractivity contribution in [3.63, 3.8) is 0 Å². The molecule has 1 aromatic carbocycles. The molecule has 208 valence electrons. The number of halogens is 2. The fourth-order valence-electron chi connectivity index (χ4n) is 3.58. The van der Waals surface area contributed by atoms with Gasteiger partial charge in [-0.1, -0.05) is 48.8 Å². The predicted octanol–water partition coefficient (Wildman–Crippen LogP) is 5.72. The molecule has 0 aliphatic rings. The molecule has 3 aromatic rings. The van der Waals surface area contributed by atoms with E-state index < -0.39 is 23.8 Å². The molecule has 0 spiro atoms. The van der Waals surface area contributed by atoms with Crippen LogP contribution >= 0.6 is 46.3 Å². The summed E-state index contributed by atoms with van der Waals surface area (Å²) in [7, 11) is 0. The van der Waals surface area contributed by atoms with Crippen LogP contribution in [0.25, 0.3) is 0 Å². The van der Waals surface area contributed by atoms with Crippen molar-refractivity contribution >= 4 is 74.9 Å². The number of rotatable bonds is 11. The highest BCUT2D eigenvalue weighted by Crippen LogP contribution is 2.34. The summed E-state index contributed by atoms with van der Waals surface area (Å²) in [6.45, 7) is 8.70. The van der Waals surface area contributed by atoms with Gasteiger partial charge in [0.2, 0.25) is 11.1 Å². The molecule has 3 rings (SSSR count). The highest BCUT2D eigenvalue weighted by atomic mass is 35.5. The minimum atomic E-state index is -0.609. The fourth-order valence-corrected chi connectivity index (χ4v) is 5.79. The van der Waals surface area contributed by atoms with Crippen LogP contribution in [-0.4, -0.2) is 51.1 Å². The summed E-state index contributed by atoms with van der Waals surface area (Å²) in [4.78, 5) is 54.8. The topological polar surface area (TPSA) is 143 Å². The zero-order valence-corrected chi connectivity index (χ0v) is 25.0. The van der Waals surface area contributed by atoms with E-state index in [0.717, 1.165) is 23.1 Å². The first kappa shape index (κ1) is 30.6. The number of thioether (sulfide) groups is 1. The maximum absolute atomic E-state index is 12.8. The number of carbonyl (C=O) groups is 4. The van der Waals surface area contributed by atoms with Crippen LogP contribution in [-0.2, 0) is 9.53 Å². The van der Waals surface area contributed by atoms with Gasteiger partial charge < -0.3 is 15.4 Å². The zero-order valence-electron chi connectivity index (χ0n) is 21.8. The van der Waals surface area contributed by atoms with Gasteiger partial charge in [-0.2, -0.15) is 0 Å². The van der Waals surface area contributed by atoms with Crippen molar-refractivity contribution in [1.82, 2.24) is 20.5 Å². The molecule has 0 fully saturated rings. The molecule has 0 aliphatic heterocycles. The average Bonchev–Trinajstić information content (AvgIpc) is 3.45. The Bertz CT molecular complexity index is 1410. The number of aromatic nitrogens is 3. The number of carbonyl (C=O) groups excluding carboxylic acids is 4. The van der Waals surface area contributed by atoms with E-state index in [9.17, 15) is 19.2 Å². The van der Waals surface area contributed by atoms with Gasteiger partial charge in [0.05, 0.1) is 39.4 Å². The highest BCUT2D eigenvalue weighted by molar-refractivity contribution is 7.99. The molecule has 14 heteroatoms. The van der Waals surface area contributed by atoms with E-state index in [1.165, 1.54) is 13.0 Å². The van der Waals surface area contributed by atoms with Gasteiger partial charge in [0.25, 0.3) is 5.91 Å². The number of esters is 1. The highest BCUT2D eigenvalue weighted by Gasteiger charge is 2.26. The third kappa shape index (κ3) is 7.59. The van der Waals surface area contributed by atoms with Crippen LogP contribution in [0.4, 0.5) is 5.00 Å². The first-order valence-electron chi connectivity index (χ1n) is 11.8. The molecule has 10 nitrogen and oxygen atoms in total. The van der Waals surface area contributed by atoms with Crippen LogP contribution in [0.5, 0.6) is 0 Å². The second-order valence-corrected chi connectivity index (χ2v) is 11.5. The van der Waals surface area contributed by atoms with E-state index in [2.05, 4.69) is 25.8 Å². The van der Waals surface area contributed by atoms with Gasteiger partial charge in [-0.25, -0.2) is 9.78 Å². The summed E-state index contributed by atoms with van der Waals surface area (Å²) < 4.78 is 5.10.